The highest BCUT2D eigenvalue weighted by Crippen LogP contribution is 2.19. The van der Waals surface area contributed by atoms with Gasteiger partial charge in [0.1, 0.15) is 5.71 Å². The third-order valence-electron chi connectivity index (χ3n) is 3.40. The van der Waals surface area contributed by atoms with Crippen LogP contribution >= 0.6 is 0 Å². The molecule has 0 aromatic heterocycles. The average Bonchev–Trinajstić information content (AvgIpc) is 2.52. The normalized spacial score (nSPS) is 26.3. The number of aliphatic hydroxyl groups excluding tert-OH is 2. The van der Waals surface area contributed by atoms with E-state index in [4.69, 9.17) is 14.6 Å². The van der Waals surface area contributed by atoms with E-state index >= 15 is 0 Å². The highest BCUT2D eigenvalue weighted by Gasteiger charge is 2.35. The lowest BCUT2D eigenvalue weighted by Gasteiger charge is -2.33. The Morgan fingerprint density at radius 1 is 1.35 bits per heavy atom. The topological polar surface area (TPSA) is 115 Å². The molecule has 0 aromatic rings. The Bertz CT molecular complexity index is 424. The number of nitrogens with zero attached hydrogens (tertiary/aromatic N) is 1. The molecular formula is C15H25NO7. The molecular weight excluding hydrogens is 306 g/mol. The van der Waals surface area contributed by atoms with E-state index in [9.17, 15) is 14.7 Å². The molecule has 0 bridgehead atoms. The molecule has 1 amide bonds. The fourth-order valence-corrected chi connectivity index (χ4v) is 2.22. The second-order valence-corrected chi connectivity index (χ2v) is 5.34. The number of hydrogen-bond acceptors (Lipinski definition) is 7. The Balaban J connectivity index is 2.43. The molecule has 0 saturated carbocycles. The van der Waals surface area contributed by atoms with Crippen molar-refractivity contribution in [2.75, 3.05) is 20.3 Å². The van der Waals surface area contributed by atoms with Gasteiger partial charge in [0.2, 0.25) is 5.91 Å². The van der Waals surface area contributed by atoms with Gasteiger partial charge < -0.3 is 24.4 Å². The van der Waals surface area contributed by atoms with Gasteiger partial charge in [-0.1, -0.05) is 6.42 Å². The van der Waals surface area contributed by atoms with Crippen LogP contribution in [0.3, 0.4) is 0 Å². The van der Waals surface area contributed by atoms with Crippen LogP contribution in [0.4, 0.5) is 0 Å². The molecule has 0 radical (unpaired) electrons. The Morgan fingerprint density at radius 2 is 2.09 bits per heavy atom. The van der Waals surface area contributed by atoms with Crippen molar-refractivity contribution < 1.29 is 34.0 Å². The average molecular weight is 331 g/mol. The van der Waals surface area contributed by atoms with Gasteiger partial charge in [-0.3, -0.25) is 9.59 Å². The van der Waals surface area contributed by atoms with Crippen LogP contribution in [0.1, 0.15) is 39.0 Å². The molecule has 1 aliphatic heterocycles. The third kappa shape index (κ3) is 7.17. The molecule has 23 heavy (non-hydrogen) atoms. The number of aliphatic hydroxyl groups is 2. The first-order valence-corrected chi connectivity index (χ1v) is 7.69. The zero-order valence-electron chi connectivity index (χ0n) is 13.6. The second kappa shape index (κ2) is 10.4. The molecule has 8 heteroatoms. The fourth-order valence-electron chi connectivity index (χ4n) is 2.22. The van der Waals surface area contributed by atoms with Crippen LogP contribution in [0.5, 0.6) is 0 Å². The van der Waals surface area contributed by atoms with Crippen molar-refractivity contribution in [1.29, 1.82) is 0 Å². The lowest BCUT2D eigenvalue weighted by Crippen LogP contribution is -2.47. The lowest BCUT2D eigenvalue weighted by molar-refractivity contribution is -0.164. The van der Waals surface area contributed by atoms with Crippen LogP contribution in [0.2, 0.25) is 0 Å². The molecule has 8 nitrogen and oxygen atoms in total. The fraction of sp³-hybridized carbons (Fsp3) is 0.800. The number of rotatable bonds is 8. The van der Waals surface area contributed by atoms with Crippen molar-refractivity contribution in [3.63, 3.8) is 0 Å². The minimum absolute atomic E-state index is 0.136. The van der Waals surface area contributed by atoms with E-state index in [1.807, 2.05) is 0 Å². The molecule has 132 valence electrons. The van der Waals surface area contributed by atoms with Crippen LogP contribution in [0, 0.1) is 0 Å². The molecule has 0 unspecified atom stereocenters. The molecule has 0 aromatic carbocycles. The predicted molar refractivity (Wildman–Crippen MR) is 80.9 cm³/mol. The maximum Gasteiger partial charge on any atom is 0.305 e. The van der Waals surface area contributed by atoms with Gasteiger partial charge in [-0.25, -0.2) is 4.99 Å². The number of esters is 1. The first-order chi connectivity index (χ1) is 11.0. The van der Waals surface area contributed by atoms with Gasteiger partial charge in [0.25, 0.3) is 0 Å². The number of unbranched alkanes of at least 4 members (excludes halogenated alkanes) is 2. The highest BCUT2D eigenvalue weighted by atomic mass is 16.7. The first kappa shape index (κ1) is 19.7. The summed E-state index contributed by atoms with van der Waals surface area (Å²) >= 11 is 0. The summed E-state index contributed by atoms with van der Waals surface area (Å²) in [7, 11) is 1.35. The number of methoxy groups -OCH3 is 1. The maximum atomic E-state index is 11.2. The zero-order valence-corrected chi connectivity index (χ0v) is 13.6. The Hall–Kier alpha value is -1.35. The van der Waals surface area contributed by atoms with E-state index in [0.717, 1.165) is 6.42 Å². The predicted octanol–water partition coefficient (Wildman–Crippen LogP) is 0.192. The zero-order chi connectivity index (χ0) is 17.2. The monoisotopic (exact) mass is 331 g/mol. The van der Waals surface area contributed by atoms with E-state index in [0.29, 0.717) is 25.9 Å². The van der Waals surface area contributed by atoms with Gasteiger partial charge in [0, 0.05) is 19.8 Å². The van der Waals surface area contributed by atoms with Gasteiger partial charge >= 0.3 is 5.97 Å². The number of amides is 1. The van der Waals surface area contributed by atoms with Gasteiger partial charge in [-0.05, 0) is 12.8 Å². The van der Waals surface area contributed by atoms with Crippen molar-refractivity contribution in [3.05, 3.63) is 0 Å². The summed E-state index contributed by atoms with van der Waals surface area (Å²) in [4.78, 5) is 25.9. The van der Waals surface area contributed by atoms with E-state index < -0.39 is 24.4 Å². The van der Waals surface area contributed by atoms with Gasteiger partial charge in [0.15, 0.2) is 6.29 Å². The number of aliphatic imine (C=N–C) groups is 1. The van der Waals surface area contributed by atoms with Crippen LogP contribution in [-0.2, 0) is 23.8 Å². The maximum absolute atomic E-state index is 11.2. The summed E-state index contributed by atoms with van der Waals surface area (Å²) < 4.78 is 15.6. The standard InChI is InChI=1S/C15H25NO7/c1-10(18)16-14-12(19)8-11(9-17)23-15(14)22-7-5-3-4-6-13(20)21-2/h11-12,15,17,19H,3-9H2,1-2H3/t11-,12-,15+/m0/s1. The largest absolute Gasteiger partial charge is 0.469 e. The SMILES string of the molecule is COC(=O)CCCCCO[C@@H]1O[C@H](CO)C[C@H](O)C1=NC(C)=O. The second-order valence-electron chi connectivity index (χ2n) is 5.34. The number of ether oxygens (including phenoxy) is 3. The van der Waals surface area contributed by atoms with Gasteiger partial charge in [0.05, 0.1) is 32.5 Å². The summed E-state index contributed by atoms with van der Waals surface area (Å²) in [5.74, 6) is -0.692. The van der Waals surface area contributed by atoms with Crippen molar-refractivity contribution in [2.24, 2.45) is 4.99 Å². The van der Waals surface area contributed by atoms with Crippen molar-refractivity contribution >= 4 is 17.6 Å². The van der Waals surface area contributed by atoms with Crippen molar-refractivity contribution in [2.45, 2.75) is 57.5 Å². The first-order valence-electron chi connectivity index (χ1n) is 7.69. The van der Waals surface area contributed by atoms with Crippen LogP contribution in [0.25, 0.3) is 0 Å². The molecule has 3 atom stereocenters. The van der Waals surface area contributed by atoms with Crippen LogP contribution in [0.15, 0.2) is 4.99 Å². The minimum atomic E-state index is -0.978. The molecule has 0 spiro atoms. The molecule has 1 rings (SSSR count). The van der Waals surface area contributed by atoms with Gasteiger partial charge in [-0.15, -0.1) is 0 Å². The van der Waals surface area contributed by atoms with Gasteiger partial charge in [-0.2, -0.15) is 0 Å². The summed E-state index contributed by atoms with van der Waals surface area (Å²) in [6, 6.07) is 0. The Kier molecular flexibility index (Phi) is 8.93. The van der Waals surface area contributed by atoms with E-state index in [-0.39, 0.29) is 24.7 Å². The number of carbonyl (C=O) groups is 2. The summed E-state index contributed by atoms with van der Waals surface area (Å²) in [5.41, 5.74) is 0.136. The van der Waals surface area contributed by atoms with Crippen LogP contribution in [-0.4, -0.2) is 66.6 Å². The Labute approximate surface area is 135 Å². The Morgan fingerprint density at radius 3 is 2.70 bits per heavy atom. The number of hydrogen-bond donors (Lipinski definition) is 2. The number of carbonyl (C=O) groups excluding carboxylic acids is 2. The van der Waals surface area contributed by atoms with E-state index in [1.165, 1.54) is 14.0 Å². The summed E-state index contributed by atoms with van der Waals surface area (Å²) in [5, 5.41) is 19.2. The summed E-state index contributed by atoms with van der Waals surface area (Å²) in [6.45, 7) is 1.36. The molecule has 2 N–H and O–H groups in total. The van der Waals surface area contributed by atoms with E-state index in [1.54, 1.807) is 0 Å². The molecule has 1 heterocycles. The quantitative estimate of drug-likeness (QED) is 0.482. The van der Waals surface area contributed by atoms with E-state index in [2.05, 4.69) is 9.73 Å². The molecule has 1 aliphatic rings. The minimum Gasteiger partial charge on any atom is -0.469 e. The van der Waals surface area contributed by atoms with Crippen molar-refractivity contribution in [1.82, 2.24) is 0 Å². The third-order valence-corrected chi connectivity index (χ3v) is 3.40. The van der Waals surface area contributed by atoms with Crippen LogP contribution < -0.4 is 0 Å². The molecule has 0 aliphatic carbocycles. The highest BCUT2D eigenvalue weighted by molar-refractivity contribution is 5.99. The van der Waals surface area contributed by atoms with Crippen molar-refractivity contribution in [3.8, 4) is 0 Å². The molecule has 1 saturated heterocycles. The summed E-state index contributed by atoms with van der Waals surface area (Å²) in [6.07, 6.45) is 0.199. The smallest absolute Gasteiger partial charge is 0.305 e. The lowest BCUT2D eigenvalue weighted by atomic mass is 10.0. The molecule has 1 fully saturated rings.